The van der Waals surface area contributed by atoms with E-state index in [1.807, 2.05) is 22.7 Å². The van der Waals surface area contributed by atoms with Gasteiger partial charge in [-0.15, -0.1) is 22.7 Å². The van der Waals surface area contributed by atoms with Crippen molar-refractivity contribution in [3.8, 4) is 0 Å². The molecule has 1 aliphatic rings. The van der Waals surface area contributed by atoms with Crippen LogP contribution < -0.4 is 5.32 Å². The third-order valence-corrected chi connectivity index (χ3v) is 6.78. The monoisotopic (exact) mass is 305 g/mol. The van der Waals surface area contributed by atoms with Crippen LogP contribution in [-0.2, 0) is 25.7 Å². The third kappa shape index (κ3) is 3.00. The lowest BCUT2D eigenvalue weighted by molar-refractivity contribution is 0.606. The molecule has 0 saturated heterocycles. The summed E-state index contributed by atoms with van der Waals surface area (Å²) < 4.78 is 0. The second-order valence-corrected chi connectivity index (χ2v) is 7.99. The molecule has 1 nitrogen and oxygen atoms in total. The van der Waals surface area contributed by atoms with Crippen LogP contribution >= 0.6 is 22.7 Å². The first kappa shape index (κ1) is 14.3. The molecule has 0 aromatic carbocycles. The number of aryl methyl sites for hydroxylation is 3. The second kappa shape index (κ2) is 6.42. The third-order valence-electron chi connectivity index (χ3n) is 4.18. The van der Waals surface area contributed by atoms with E-state index in [-0.39, 0.29) is 0 Å². The van der Waals surface area contributed by atoms with E-state index in [1.54, 1.807) is 10.4 Å². The molecule has 3 heteroatoms. The lowest BCUT2D eigenvalue weighted by atomic mass is 9.98. The first-order valence-electron chi connectivity index (χ1n) is 7.66. The quantitative estimate of drug-likeness (QED) is 0.840. The largest absolute Gasteiger partial charge is 0.312 e. The molecule has 2 aromatic rings. The first-order valence-corrected chi connectivity index (χ1v) is 9.29. The second-order valence-electron chi connectivity index (χ2n) is 5.57. The molecule has 0 saturated carbocycles. The highest BCUT2D eigenvalue weighted by Crippen LogP contribution is 2.34. The van der Waals surface area contributed by atoms with Crippen LogP contribution in [0.4, 0.5) is 0 Å². The number of likely N-dealkylation sites (N-methyl/N-ethyl adjacent to an activating group) is 1. The highest BCUT2D eigenvalue weighted by atomic mass is 32.1. The molecule has 2 aromatic heterocycles. The fourth-order valence-electron chi connectivity index (χ4n) is 2.95. The van der Waals surface area contributed by atoms with Gasteiger partial charge in [-0.25, -0.2) is 0 Å². The Morgan fingerprint density at radius 3 is 2.65 bits per heavy atom. The van der Waals surface area contributed by atoms with Crippen LogP contribution in [0.2, 0.25) is 0 Å². The Hall–Kier alpha value is -0.640. The molecule has 1 aliphatic carbocycles. The molecule has 1 N–H and O–H groups in total. The summed E-state index contributed by atoms with van der Waals surface area (Å²) in [6.07, 6.45) is 7.62. The molecule has 0 fully saturated rings. The van der Waals surface area contributed by atoms with Crippen molar-refractivity contribution in [1.82, 2.24) is 5.32 Å². The predicted molar refractivity (Wildman–Crippen MR) is 90.2 cm³/mol. The number of nitrogens with one attached hydrogen (secondary N) is 1. The number of hydrogen-bond acceptors (Lipinski definition) is 3. The van der Waals surface area contributed by atoms with Crippen molar-refractivity contribution < 1.29 is 0 Å². The average molecular weight is 306 g/mol. The summed E-state index contributed by atoms with van der Waals surface area (Å²) in [7, 11) is 2.09. The molecule has 0 aliphatic heterocycles. The fourth-order valence-corrected chi connectivity index (χ4v) is 5.32. The maximum absolute atomic E-state index is 3.52. The molecular weight excluding hydrogens is 282 g/mol. The summed E-state index contributed by atoms with van der Waals surface area (Å²) in [5.41, 5.74) is 1.62. The van der Waals surface area contributed by atoms with Gasteiger partial charge in [0.05, 0.1) is 0 Å². The Morgan fingerprint density at radius 1 is 1.15 bits per heavy atom. The van der Waals surface area contributed by atoms with Gasteiger partial charge in [0.2, 0.25) is 0 Å². The molecule has 0 amide bonds. The summed E-state index contributed by atoms with van der Waals surface area (Å²) >= 11 is 4.01. The maximum atomic E-state index is 3.52. The summed E-state index contributed by atoms with van der Waals surface area (Å²) in [5.74, 6) is 0. The van der Waals surface area contributed by atoms with Crippen molar-refractivity contribution in [1.29, 1.82) is 0 Å². The first-order chi connectivity index (χ1) is 9.80. The van der Waals surface area contributed by atoms with Gasteiger partial charge in [0, 0.05) is 32.0 Å². The predicted octanol–water partition coefficient (Wildman–Crippen LogP) is 4.75. The van der Waals surface area contributed by atoms with Crippen molar-refractivity contribution >= 4 is 22.7 Å². The molecule has 20 heavy (non-hydrogen) atoms. The highest BCUT2D eigenvalue weighted by molar-refractivity contribution is 7.12. The molecule has 1 unspecified atom stereocenters. The van der Waals surface area contributed by atoms with Crippen LogP contribution in [0.3, 0.4) is 0 Å². The normalized spacial score (nSPS) is 16.1. The molecule has 2 heterocycles. The van der Waals surface area contributed by atoms with Crippen molar-refractivity contribution in [3.63, 3.8) is 0 Å². The molecular formula is C17H23NS2. The zero-order chi connectivity index (χ0) is 13.9. The summed E-state index contributed by atoms with van der Waals surface area (Å²) in [4.78, 5) is 6.19. The Labute approximate surface area is 130 Å². The Balaban J connectivity index is 1.77. The van der Waals surface area contributed by atoms with E-state index in [4.69, 9.17) is 0 Å². The molecule has 3 rings (SSSR count). The topological polar surface area (TPSA) is 12.0 Å². The summed E-state index contributed by atoms with van der Waals surface area (Å²) in [6, 6.07) is 7.54. The van der Waals surface area contributed by atoms with Gasteiger partial charge >= 0.3 is 0 Å². The molecule has 1 atom stereocenters. The van der Waals surface area contributed by atoms with Gasteiger partial charge in [0.25, 0.3) is 0 Å². The smallest absolute Gasteiger partial charge is 0.0461 e. The van der Waals surface area contributed by atoms with Crippen molar-refractivity contribution in [2.75, 3.05) is 7.05 Å². The van der Waals surface area contributed by atoms with Gasteiger partial charge in [-0.2, -0.15) is 0 Å². The summed E-state index contributed by atoms with van der Waals surface area (Å²) in [5, 5.41) is 3.52. The lowest BCUT2D eigenvalue weighted by Gasteiger charge is -2.13. The minimum atomic E-state index is 0.481. The van der Waals surface area contributed by atoms with Gasteiger partial charge < -0.3 is 5.32 Å². The minimum absolute atomic E-state index is 0.481. The molecule has 0 spiro atoms. The van der Waals surface area contributed by atoms with Crippen molar-refractivity contribution in [2.24, 2.45) is 0 Å². The van der Waals surface area contributed by atoms with E-state index in [0.29, 0.717) is 6.04 Å². The number of rotatable bonds is 5. The average Bonchev–Trinajstić information content (AvgIpc) is 3.10. The Kier molecular flexibility index (Phi) is 4.59. The van der Waals surface area contributed by atoms with Gasteiger partial charge in [-0.1, -0.05) is 6.92 Å². The number of hydrogen-bond donors (Lipinski definition) is 1. The summed E-state index contributed by atoms with van der Waals surface area (Å²) in [6.45, 7) is 2.23. The zero-order valence-electron chi connectivity index (χ0n) is 12.4. The van der Waals surface area contributed by atoms with Gasteiger partial charge in [-0.05, 0) is 62.9 Å². The van der Waals surface area contributed by atoms with Crippen molar-refractivity contribution in [2.45, 2.75) is 51.5 Å². The van der Waals surface area contributed by atoms with Crippen LogP contribution in [0, 0.1) is 0 Å². The molecule has 108 valence electrons. The highest BCUT2D eigenvalue weighted by Gasteiger charge is 2.19. The fraction of sp³-hybridized carbons (Fsp3) is 0.529. The number of fused-ring (bicyclic) bond motifs is 1. The Bertz CT molecular complexity index is 544. The van der Waals surface area contributed by atoms with E-state index < -0.39 is 0 Å². The zero-order valence-corrected chi connectivity index (χ0v) is 14.0. The Morgan fingerprint density at radius 2 is 1.95 bits per heavy atom. The minimum Gasteiger partial charge on any atom is -0.312 e. The van der Waals surface area contributed by atoms with Gasteiger partial charge in [-0.3, -0.25) is 0 Å². The van der Waals surface area contributed by atoms with Crippen LogP contribution in [0.1, 0.15) is 50.9 Å². The van der Waals surface area contributed by atoms with E-state index in [0.717, 1.165) is 12.8 Å². The lowest BCUT2D eigenvalue weighted by Crippen LogP contribution is -2.17. The van der Waals surface area contributed by atoms with Crippen LogP contribution in [0.15, 0.2) is 18.2 Å². The van der Waals surface area contributed by atoms with E-state index in [1.165, 1.54) is 40.3 Å². The van der Waals surface area contributed by atoms with E-state index in [9.17, 15) is 0 Å². The maximum Gasteiger partial charge on any atom is 0.0461 e. The SMILES string of the molecule is CCc1ccc(CC(NC)c2cc3c(s2)CCCC3)s1. The van der Waals surface area contributed by atoms with Gasteiger partial charge in [0.1, 0.15) is 0 Å². The standard InChI is InChI=1S/C17H23NS2/c1-3-13-8-9-14(19-13)11-15(18-2)17-10-12-6-4-5-7-16(12)20-17/h8-10,15,18H,3-7,11H2,1-2H3. The van der Waals surface area contributed by atoms with Crippen molar-refractivity contribution in [3.05, 3.63) is 43.3 Å². The van der Waals surface area contributed by atoms with E-state index >= 15 is 0 Å². The van der Waals surface area contributed by atoms with Crippen LogP contribution in [0.5, 0.6) is 0 Å². The molecule has 0 radical (unpaired) electrons. The van der Waals surface area contributed by atoms with E-state index in [2.05, 4.69) is 37.5 Å². The van der Waals surface area contributed by atoms with Crippen LogP contribution in [0.25, 0.3) is 0 Å². The molecule has 0 bridgehead atoms. The van der Waals surface area contributed by atoms with Crippen LogP contribution in [-0.4, -0.2) is 7.05 Å². The van der Waals surface area contributed by atoms with Gasteiger partial charge in [0.15, 0.2) is 0 Å². The number of thiophene rings is 2.